The predicted molar refractivity (Wildman–Crippen MR) is 226 cm³/mol. The molecule has 8 aromatic rings. The zero-order chi connectivity index (χ0) is 40.6. The minimum atomic E-state index is -0.313. The maximum absolute atomic E-state index is 13.1. The molecule has 0 spiro atoms. The van der Waals surface area contributed by atoms with Crippen molar-refractivity contribution in [3.05, 3.63) is 169 Å². The second-order valence-electron chi connectivity index (χ2n) is 12.9. The van der Waals surface area contributed by atoms with Crippen molar-refractivity contribution in [3.63, 3.8) is 0 Å². The van der Waals surface area contributed by atoms with Crippen LogP contribution in [0.5, 0.6) is 29.1 Å². The van der Waals surface area contributed by atoms with Crippen molar-refractivity contribution in [2.75, 3.05) is 14.2 Å². The Hall–Kier alpha value is -6.79. The molecule has 0 unspecified atom stereocenters. The van der Waals surface area contributed by atoms with Gasteiger partial charge in [-0.15, -0.1) is 0 Å². The molecule has 0 saturated heterocycles. The lowest BCUT2D eigenvalue weighted by atomic mass is 10.1. The Morgan fingerprint density at radius 2 is 1.05 bits per heavy atom. The van der Waals surface area contributed by atoms with Crippen LogP contribution in [-0.2, 0) is 13.1 Å². The fraction of sp³-hybridized carbons (Fsp3) is 0.200. The number of benzene rings is 4. The highest BCUT2D eigenvalue weighted by molar-refractivity contribution is 6.28. The molecule has 58 heavy (non-hydrogen) atoms. The third-order valence-electron chi connectivity index (χ3n) is 9.40. The molecule has 0 amide bonds. The normalized spacial score (nSPS) is 10.5. The van der Waals surface area contributed by atoms with Crippen molar-refractivity contribution in [1.29, 1.82) is 0 Å². The molecule has 12 nitrogen and oxygen atoms in total. The molecular formula is C45H45ClN4O8. The zero-order valence-corrected chi connectivity index (χ0v) is 33.0. The minimum Gasteiger partial charge on any atom is -0.504 e. The van der Waals surface area contributed by atoms with Crippen LogP contribution in [0.1, 0.15) is 41.1 Å². The lowest BCUT2D eigenvalue weighted by Gasteiger charge is -2.18. The van der Waals surface area contributed by atoms with Gasteiger partial charge in [-0.25, -0.2) is 0 Å². The van der Waals surface area contributed by atoms with E-state index in [0.717, 1.165) is 39.2 Å². The Balaban J connectivity index is 0.000000183. The number of hydrogen-bond donors (Lipinski definition) is 1. The first kappa shape index (κ1) is 42.4. The summed E-state index contributed by atoms with van der Waals surface area (Å²) in [5.74, 6) is 0.371. The van der Waals surface area contributed by atoms with Gasteiger partial charge in [0.25, 0.3) is 16.5 Å². The number of halogens is 1. The number of pyridine rings is 2. The molecule has 8 rings (SSSR count). The van der Waals surface area contributed by atoms with E-state index in [0.29, 0.717) is 35.5 Å². The van der Waals surface area contributed by atoms with E-state index in [1.165, 1.54) is 14.2 Å². The predicted octanol–water partition coefficient (Wildman–Crippen LogP) is 9.80. The second-order valence-corrected chi connectivity index (χ2v) is 13.2. The van der Waals surface area contributed by atoms with E-state index in [4.69, 9.17) is 34.6 Å². The van der Waals surface area contributed by atoms with Gasteiger partial charge in [-0.1, -0.05) is 92.4 Å². The summed E-state index contributed by atoms with van der Waals surface area (Å²) >= 11 is 5.51. The van der Waals surface area contributed by atoms with Crippen molar-refractivity contribution in [2.45, 2.75) is 48.2 Å². The van der Waals surface area contributed by atoms with Crippen molar-refractivity contribution < 1.29 is 28.2 Å². The highest BCUT2D eigenvalue weighted by Gasteiger charge is 2.22. The molecular weight excluding hydrogens is 760 g/mol. The molecule has 4 heterocycles. The maximum Gasteiger partial charge on any atom is 0.400 e. The van der Waals surface area contributed by atoms with E-state index in [9.17, 15) is 14.7 Å². The number of aromatic hydroxyl groups is 1. The van der Waals surface area contributed by atoms with Crippen LogP contribution in [0.25, 0.3) is 22.2 Å². The lowest BCUT2D eigenvalue weighted by molar-refractivity contribution is 0.312. The maximum atomic E-state index is 13.1. The first-order valence-electron chi connectivity index (χ1n) is 17.9. The minimum absolute atomic E-state index is 0. The topological polar surface area (TPSA) is 144 Å². The first-order chi connectivity index (χ1) is 27.5. The van der Waals surface area contributed by atoms with E-state index in [1.54, 1.807) is 16.1 Å². The van der Waals surface area contributed by atoms with Gasteiger partial charge in [-0.2, -0.15) is 9.97 Å². The number of rotatable bonds is 8. The average Bonchev–Trinajstić information content (AvgIpc) is 3.83. The van der Waals surface area contributed by atoms with E-state index in [-0.39, 0.29) is 47.2 Å². The quantitative estimate of drug-likeness (QED) is 0.158. The van der Waals surface area contributed by atoms with Crippen LogP contribution in [0.3, 0.4) is 0 Å². The summed E-state index contributed by atoms with van der Waals surface area (Å²) in [6.45, 7) is 8.27. The summed E-state index contributed by atoms with van der Waals surface area (Å²) in [4.78, 5) is 33.6. The molecule has 0 aliphatic heterocycles. The van der Waals surface area contributed by atoms with E-state index in [2.05, 4.69) is 9.97 Å². The monoisotopic (exact) mass is 804 g/mol. The van der Waals surface area contributed by atoms with Gasteiger partial charge in [0.1, 0.15) is 11.0 Å². The molecule has 0 aliphatic rings. The largest absolute Gasteiger partial charge is 0.504 e. The van der Waals surface area contributed by atoms with Crippen molar-refractivity contribution in [1.82, 2.24) is 19.1 Å². The van der Waals surface area contributed by atoms with Gasteiger partial charge in [-0.05, 0) is 74.7 Å². The Bertz CT molecular complexity index is 2690. The molecule has 300 valence electrons. The number of fused-ring (bicyclic) bond motifs is 2. The summed E-state index contributed by atoms with van der Waals surface area (Å²) in [5, 5.41) is 10.1. The molecule has 1 N–H and O–H groups in total. The Morgan fingerprint density at radius 3 is 1.55 bits per heavy atom. The highest BCUT2D eigenvalue weighted by atomic mass is 35.5. The number of nitrogens with zero attached hydrogens (tertiary/aromatic N) is 4. The fourth-order valence-corrected chi connectivity index (χ4v) is 6.23. The number of oxazole rings is 2. The summed E-state index contributed by atoms with van der Waals surface area (Å²) in [5.41, 5.74) is 7.29. The van der Waals surface area contributed by atoms with Crippen molar-refractivity contribution in [2.24, 2.45) is 0 Å². The molecule has 0 atom stereocenters. The average molecular weight is 805 g/mol. The summed E-state index contributed by atoms with van der Waals surface area (Å²) in [6, 6.07) is 34.3. The van der Waals surface area contributed by atoms with Crippen molar-refractivity contribution >= 4 is 33.8 Å². The molecule has 0 saturated carbocycles. The number of ether oxygens (including phenoxy) is 3. The van der Waals surface area contributed by atoms with Gasteiger partial charge < -0.3 is 37.3 Å². The number of methoxy groups -OCH3 is 2. The number of para-hydroxylation sites is 4. The highest BCUT2D eigenvalue weighted by Crippen LogP contribution is 2.35. The van der Waals surface area contributed by atoms with Gasteiger partial charge in [0.05, 0.1) is 27.3 Å². The van der Waals surface area contributed by atoms with Gasteiger partial charge in [0, 0.05) is 22.5 Å². The number of aromatic nitrogens is 4. The molecule has 4 aromatic heterocycles. The molecule has 0 radical (unpaired) electrons. The molecule has 0 fully saturated rings. The zero-order valence-electron chi connectivity index (χ0n) is 32.3. The van der Waals surface area contributed by atoms with Crippen LogP contribution < -0.4 is 25.3 Å². The molecule has 0 bridgehead atoms. The van der Waals surface area contributed by atoms with Gasteiger partial charge >= 0.3 is 6.08 Å². The van der Waals surface area contributed by atoms with Crippen LogP contribution in [0, 0.1) is 27.7 Å². The molecule has 13 heteroatoms. The Kier molecular flexibility index (Phi) is 13.8. The van der Waals surface area contributed by atoms with E-state index < -0.39 is 0 Å². The molecule has 0 aliphatic carbocycles. The van der Waals surface area contributed by atoms with Crippen LogP contribution in [-0.4, -0.2) is 38.4 Å². The SMILES string of the molecule is C.COc1c(O)c(C)c(C)n(Cc2ccccc2)c1=O.COc1c(Oc2nc3ccccc3o2)c(C)c(C)n(Cc2ccccc2)c1=O.Clc1nc2ccccc2o1. The van der Waals surface area contributed by atoms with Gasteiger partial charge in [-0.3, -0.25) is 9.59 Å². The van der Waals surface area contributed by atoms with E-state index in [1.807, 2.05) is 130 Å². The smallest absolute Gasteiger partial charge is 0.400 e. The Labute approximate surface area is 340 Å². The molecule has 4 aromatic carbocycles. The summed E-state index contributed by atoms with van der Waals surface area (Å²) in [6.07, 6.45) is 0.0715. The standard InChI is InChI=1S/C22H20N2O4.C15H17NO3.C7H4ClNO.CH4/c1-14-15(2)24(13-16-9-5-4-6-10-16)21(25)20(26-3)19(14)28-22-23-17-11-7-8-12-18(17)27-22;1-10-11(2)16(9-12-7-5-4-6-8-12)15(18)14(19-3)13(10)17;8-7-9-5-3-1-2-4-6(5)10-7;/h4-12H,13H2,1-3H3;4-8,17H,9H2,1-3H3;1-4H;1H4. The first-order valence-corrected chi connectivity index (χ1v) is 18.3. The van der Waals surface area contributed by atoms with Gasteiger partial charge in [0.15, 0.2) is 22.7 Å². The third kappa shape index (κ3) is 9.25. The third-order valence-corrected chi connectivity index (χ3v) is 9.56. The lowest BCUT2D eigenvalue weighted by Crippen LogP contribution is -2.25. The summed E-state index contributed by atoms with van der Waals surface area (Å²) in [7, 11) is 2.84. The second kappa shape index (κ2) is 18.9. The van der Waals surface area contributed by atoms with Gasteiger partial charge in [0.2, 0.25) is 11.5 Å². The van der Waals surface area contributed by atoms with Crippen molar-refractivity contribution in [3.8, 4) is 29.1 Å². The van der Waals surface area contributed by atoms with Crippen LogP contribution in [0.15, 0.2) is 128 Å². The van der Waals surface area contributed by atoms with E-state index >= 15 is 0 Å². The van der Waals surface area contributed by atoms with Crippen LogP contribution in [0.2, 0.25) is 5.35 Å². The summed E-state index contributed by atoms with van der Waals surface area (Å²) < 4.78 is 30.2. The van der Waals surface area contributed by atoms with Crippen LogP contribution >= 0.6 is 11.6 Å². The van der Waals surface area contributed by atoms with Crippen LogP contribution in [0.4, 0.5) is 0 Å². The number of hydrogen-bond acceptors (Lipinski definition) is 10. The Morgan fingerprint density at radius 1 is 0.603 bits per heavy atom. The fourth-order valence-electron chi connectivity index (χ4n) is 6.06.